The first kappa shape index (κ1) is 19.0. The van der Waals surface area contributed by atoms with Crippen molar-refractivity contribution in [2.75, 3.05) is 0 Å². The summed E-state index contributed by atoms with van der Waals surface area (Å²) in [5.41, 5.74) is 1.18. The Bertz CT molecular complexity index is 1060. The number of aromatic hydroxyl groups is 1. The molecule has 4 heterocycles. The van der Waals surface area contributed by atoms with E-state index < -0.39 is 17.8 Å². The van der Waals surface area contributed by atoms with Crippen LogP contribution in [0.3, 0.4) is 0 Å². The zero-order valence-electron chi connectivity index (χ0n) is 16.9. The Labute approximate surface area is 173 Å². The summed E-state index contributed by atoms with van der Waals surface area (Å²) in [6.45, 7) is 4.04. The first-order valence-corrected chi connectivity index (χ1v) is 10.1. The molecule has 0 unspecified atom stereocenters. The highest BCUT2D eigenvalue weighted by Crippen LogP contribution is 2.44. The Hall–Kier alpha value is -3.00. The number of aromatic nitrogens is 4. The number of ether oxygens (including phenoxy) is 1. The Balaban J connectivity index is 1.34. The molecular weight excluding hydrogens is 385 g/mol. The third-order valence-electron chi connectivity index (χ3n) is 6.34. The first-order valence-electron chi connectivity index (χ1n) is 10.1. The van der Waals surface area contributed by atoms with Crippen molar-refractivity contribution in [3.8, 4) is 28.6 Å². The fourth-order valence-corrected chi connectivity index (χ4v) is 4.76. The second-order valence-corrected chi connectivity index (χ2v) is 8.79. The van der Waals surface area contributed by atoms with Crippen LogP contribution in [0, 0.1) is 0 Å². The largest absolute Gasteiger partial charge is 0.507 e. The Morgan fingerprint density at radius 1 is 1.20 bits per heavy atom. The third-order valence-corrected chi connectivity index (χ3v) is 6.34. The zero-order chi connectivity index (χ0) is 20.9. The second-order valence-electron chi connectivity index (χ2n) is 8.79. The van der Waals surface area contributed by atoms with E-state index in [1.54, 1.807) is 47.6 Å². The van der Waals surface area contributed by atoms with Crippen LogP contribution in [0.25, 0.3) is 16.9 Å². The lowest BCUT2D eigenvalue weighted by molar-refractivity contribution is -0.00951. The van der Waals surface area contributed by atoms with Gasteiger partial charge in [0.2, 0.25) is 5.88 Å². The fraction of sp³-hybridized carbons (Fsp3) is 0.409. The van der Waals surface area contributed by atoms with Crippen LogP contribution in [0.5, 0.6) is 11.6 Å². The van der Waals surface area contributed by atoms with Gasteiger partial charge in [-0.25, -0.2) is 9.37 Å². The number of nitrogens with zero attached hydrogens (tertiary/aromatic N) is 4. The number of hydrogen-bond acceptors (Lipinski definition) is 6. The third kappa shape index (κ3) is 3.21. The van der Waals surface area contributed by atoms with E-state index in [4.69, 9.17) is 4.74 Å². The lowest BCUT2D eigenvalue weighted by atomic mass is 9.85. The SMILES string of the molecule is C[C@@]12CC[C@@](C)(N1)[C@H](F)[C@@H](Oc1ccc(-c3ccc(-n4ccnc4)cc3O)nn1)C2. The van der Waals surface area contributed by atoms with Gasteiger partial charge in [0.25, 0.3) is 0 Å². The molecule has 0 spiro atoms. The van der Waals surface area contributed by atoms with Crippen molar-refractivity contribution in [3.05, 3.63) is 49.1 Å². The summed E-state index contributed by atoms with van der Waals surface area (Å²) < 4.78 is 22.8. The van der Waals surface area contributed by atoms with Gasteiger partial charge in [-0.15, -0.1) is 10.2 Å². The average molecular weight is 409 g/mol. The number of piperidine rings is 1. The number of rotatable bonds is 4. The highest BCUT2D eigenvalue weighted by Gasteiger charge is 2.56. The van der Waals surface area contributed by atoms with Gasteiger partial charge in [-0.3, -0.25) is 0 Å². The highest BCUT2D eigenvalue weighted by atomic mass is 19.1. The number of fused-ring (bicyclic) bond motifs is 2. The monoisotopic (exact) mass is 409 g/mol. The second kappa shape index (κ2) is 6.77. The molecule has 1 aromatic carbocycles. The molecule has 8 heteroatoms. The molecule has 2 fully saturated rings. The smallest absolute Gasteiger partial charge is 0.233 e. The molecule has 2 aliphatic rings. The molecule has 3 aromatic rings. The van der Waals surface area contributed by atoms with Gasteiger partial charge in [0.15, 0.2) is 6.17 Å². The van der Waals surface area contributed by atoms with E-state index in [0.29, 0.717) is 17.7 Å². The molecule has 0 aliphatic carbocycles. The van der Waals surface area contributed by atoms with Crippen LogP contribution < -0.4 is 10.1 Å². The van der Waals surface area contributed by atoms with Crippen molar-refractivity contribution in [2.24, 2.45) is 0 Å². The maximum Gasteiger partial charge on any atom is 0.233 e. The van der Waals surface area contributed by atoms with E-state index >= 15 is 4.39 Å². The van der Waals surface area contributed by atoms with E-state index in [1.807, 2.05) is 13.0 Å². The number of phenolic OH excluding ortho intramolecular Hbond substituents is 1. The molecule has 2 saturated heterocycles. The molecular formula is C22H24FN5O2. The number of alkyl halides is 1. The van der Waals surface area contributed by atoms with Crippen LogP contribution in [0.15, 0.2) is 49.1 Å². The van der Waals surface area contributed by atoms with Crippen molar-refractivity contribution in [2.45, 2.75) is 56.5 Å². The quantitative estimate of drug-likeness (QED) is 0.687. The van der Waals surface area contributed by atoms with Gasteiger partial charge in [-0.05, 0) is 44.9 Å². The van der Waals surface area contributed by atoms with E-state index in [-0.39, 0.29) is 17.2 Å². The first-order chi connectivity index (χ1) is 14.4. The number of imidazole rings is 1. The number of hydrogen-bond donors (Lipinski definition) is 2. The molecule has 2 N–H and O–H groups in total. The van der Waals surface area contributed by atoms with Gasteiger partial charge in [0, 0.05) is 42.0 Å². The average Bonchev–Trinajstić information content (AvgIpc) is 3.34. The highest BCUT2D eigenvalue weighted by molar-refractivity contribution is 5.68. The number of nitrogens with one attached hydrogen (secondary N) is 1. The normalized spacial score (nSPS) is 30.4. The van der Waals surface area contributed by atoms with E-state index in [9.17, 15) is 5.11 Å². The summed E-state index contributed by atoms with van der Waals surface area (Å²) in [6.07, 6.45) is 5.77. The van der Waals surface area contributed by atoms with Crippen molar-refractivity contribution >= 4 is 0 Å². The summed E-state index contributed by atoms with van der Waals surface area (Å²) in [5, 5.41) is 22.2. The summed E-state index contributed by atoms with van der Waals surface area (Å²) in [6, 6.07) is 8.68. The van der Waals surface area contributed by atoms with Crippen LogP contribution in [0.1, 0.15) is 33.1 Å². The molecule has 7 nitrogen and oxygen atoms in total. The van der Waals surface area contributed by atoms with E-state index in [0.717, 1.165) is 18.5 Å². The molecule has 2 aromatic heterocycles. The van der Waals surface area contributed by atoms with Crippen LogP contribution in [0.4, 0.5) is 4.39 Å². The molecule has 0 amide bonds. The molecule has 30 heavy (non-hydrogen) atoms. The lowest BCUT2D eigenvalue weighted by Gasteiger charge is -2.43. The van der Waals surface area contributed by atoms with E-state index in [2.05, 4.69) is 27.4 Å². The molecule has 2 bridgehead atoms. The minimum absolute atomic E-state index is 0.0868. The zero-order valence-corrected chi connectivity index (χ0v) is 16.9. The van der Waals surface area contributed by atoms with Gasteiger partial charge in [0.05, 0.1) is 23.2 Å². The van der Waals surface area contributed by atoms with Gasteiger partial charge in [-0.2, -0.15) is 0 Å². The van der Waals surface area contributed by atoms with Crippen molar-refractivity contribution in [3.63, 3.8) is 0 Å². The molecule has 5 rings (SSSR count). The number of benzene rings is 1. The van der Waals surface area contributed by atoms with Crippen molar-refractivity contribution in [1.82, 2.24) is 25.1 Å². The summed E-state index contributed by atoms with van der Waals surface area (Å²) >= 11 is 0. The molecule has 0 radical (unpaired) electrons. The molecule has 4 atom stereocenters. The predicted octanol–water partition coefficient (Wildman–Crippen LogP) is 3.42. The van der Waals surface area contributed by atoms with Crippen LogP contribution in [-0.4, -0.2) is 48.2 Å². The van der Waals surface area contributed by atoms with Gasteiger partial charge >= 0.3 is 0 Å². The van der Waals surface area contributed by atoms with Crippen LogP contribution >= 0.6 is 0 Å². The topological polar surface area (TPSA) is 85.1 Å². The summed E-state index contributed by atoms with van der Waals surface area (Å²) in [7, 11) is 0. The Morgan fingerprint density at radius 3 is 2.77 bits per heavy atom. The molecule has 0 saturated carbocycles. The predicted molar refractivity (Wildman–Crippen MR) is 109 cm³/mol. The minimum atomic E-state index is -1.12. The van der Waals surface area contributed by atoms with E-state index in [1.165, 1.54) is 0 Å². The fourth-order valence-electron chi connectivity index (χ4n) is 4.76. The molecule has 156 valence electrons. The number of phenols is 1. The van der Waals surface area contributed by atoms with Crippen LogP contribution in [0.2, 0.25) is 0 Å². The van der Waals surface area contributed by atoms with Crippen molar-refractivity contribution in [1.29, 1.82) is 0 Å². The Kier molecular flexibility index (Phi) is 4.28. The minimum Gasteiger partial charge on any atom is -0.507 e. The van der Waals surface area contributed by atoms with Crippen molar-refractivity contribution < 1.29 is 14.2 Å². The maximum atomic E-state index is 15.1. The number of halogens is 1. The standard InChI is InChI=1S/C22H24FN5O2/c1-21-7-8-22(2,27-21)20(23)18(12-21)30-19-6-5-16(25-26-19)15-4-3-14(11-17(15)29)28-10-9-24-13-28/h3-6,9-11,13,18,20,27,29H,7-8,12H2,1-2H3/t18-,20+,21-,22+/m0/s1. The Morgan fingerprint density at radius 2 is 2.07 bits per heavy atom. The lowest BCUT2D eigenvalue weighted by Crippen LogP contribution is -2.63. The summed E-state index contributed by atoms with van der Waals surface area (Å²) in [5.74, 6) is 0.373. The van der Waals surface area contributed by atoms with Crippen LogP contribution in [-0.2, 0) is 0 Å². The van der Waals surface area contributed by atoms with Gasteiger partial charge in [0.1, 0.15) is 11.9 Å². The van der Waals surface area contributed by atoms with Gasteiger partial charge in [-0.1, -0.05) is 0 Å². The summed E-state index contributed by atoms with van der Waals surface area (Å²) in [4.78, 5) is 4.01. The molecule has 2 aliphatic heterocycles. The maximum absolute atomic E-state index is 15.1. The van der Waals surface area contributed by atoms with Gasteiger partial charge < -0.3 is 19.7 Å².